The Balaban J connectivity index is 1.67. The highest BCUT2D eigenvalue weighted by atomic mass is 16.5. The van der Waals surface area contributed by atoms with Gasteiger partial charge in [0.2, 0.25) is 0 Å². The molecule has 0 bridgehead atoms. The van der Waals surface area contributed by atoms with E-state index in [2.05, 4.69) is 101 Å². The molecule has 4 aromatic rings. The van der Waals surface area contributed by atoms with Gasteiger partial charge in [-0.2, -0.15) is 0 Å². The highest BCUT2D eigenvalue weighted by molar-refractivity contribution is 5.97. The van der Waals surface area contributed by atoms with Crippen molar-refractivity contribution in [1.82, 2.24) is 4.57 Å². The van der Waals surface area contributed by atoms with Gasteiger partial charge in [-0.1, -0.05) is 48.5 Å². The van der Waals surface area contributed by atoms with Crippen molar-refractivity contribution in [1.29, 1.82) is 0 Å². The third-order valence-electron chi connectivity index (χ3n) is 5.93. The summed E-state index contributed by atoms with van der Waals surface area (Å²) in [6, 6.07) is 30.2. The Morgan fingerprint density at radius 2 is 1.62 bits per heavy atom. The summed E-state index contributed by atoms with van der Waals surface area (Å²) in [4.78, 5) is 2.47. The summed E-state index contributed by atoms with van der Waals surface area (Å²) < 4.78 is 7.84. The first-order valence-corrected chi connectivity index (χ1v) is 9.86. The number of ether oxygens (including phenoxy) is 1. The van der Waals surface area contributed by atoms with E-state index in [0.29, 0.717) is 0 Å². The summed E-state index contributed by atoms with van der Waals surface area (Å²) in [6.07, 6.45) is 4.47. The summed E-state index contributed by atoms with van der Waals surface area (Å²) in [5.74, 6) is 0.868. The van der Waals surface area contributed by atoms with Gasteiger partial charge in [-0.15, -0.1) is 0 Å². The number of methoxy groups -OCH3 is 1. The van der Waals surface area contributed by atoms with Crippen LogP contribution in [0.3, 0.4) is 0 Å². The first-order chi connectivity index (χ1) is 14.3. The molecule has 0 aliphatic carbocycles. The van der Waals surface area contributed by atoms with Gasteiger partial charge in [0, 0.05) is 11.8 Å². The number of para-hydroxylation sites is 2. The Labute approximate surface area is 170 Å². The SMILES string of the molecule is COc1cccc(C2=Cc3ccccc3C3c4cccn4-c4ccccc4N23)c1. The van der Waals surface area contributed by atoms with Crippen LogP contribution in [0.1, 0.15) is 28.4 Å². The second-order valence-corrected chi connectivity index (χ2v) is 7.45. The minimum atomic E-state index is 0.127. The highest BCUT2D eigenvalue weighted by Gasteiger charge is 2.37. The fourth-order valence-electron chi connectivity index (χ4n) is 4.66. The van der Waals surface area contributed by atoms with Gasteiger partial charge >= 0.3 is 0 Å². The summed E-state index contributed by atoms with van der Waals surface area (Å²) >= 11 is 0. The molecule has 0 saturated heterocycles. The van der Waals surface area contributed by atoms with E-state index in [0.717, 1.165) is 11.3 Å². The normalized spacial score (nSPS) is 16.2. The molecule has 0 saturated carbocycles. The fourth-order valence-corrected chi connectivity index (χ4v) is 4.66. The zero-order valence-corrected chi connectivity index (χ0v) is 16.1. The van der Waals surface area contributed by atoms with Crippen molar-refractivity contribution in [3.63, 3.8) is 0 Å². The predicted octanol–water partition coefficient (Wildman–Crippen LogP) is 5.91. The van der Waals surface area contributed by atoms with Crippen molar-refractivity contribution < 1.29 is 4.74 Å². The molecule has 0 amide bonds. The molecule has 3 aromatic carbocycles. The molecule has 0 fully saturated rings. The number of rotatable bonds is 2. The lowest BCUT2D eigenvalue weighted by Gasteiger charge is -2.44. The van der Waals surface area contributed by atoms with Crippen LogP contribution in [0.5, 0.6) is 5.75 Å². The van der Waals surface area contributed by atoms with Gasteiger partial charge in [-0.05, 0) is 53.6 Å². The molecule has 3 nitrogen and oxygen atoms in total. The Bertz CT molecular complexity index is 1270. The van der Waals surface area contributed by atoms with Gasteiger partial charge in [0.1, 0.15) is 11.8 Å². The van der Waals surface area contributed by atoms with Gasteiger partial charge in [-0.3, -0.25) is 0 Å². The van der Waals surface area contributed by atoms with E-state index in [4.69, 9.17) is 4.74 Å². The van der Waals surface area contributed by atoms with Crippen molar-refractivity contribution >= 4 is 17.5 Å². The van der Waals surface area contributed by atoms with E-state index < -0.39 is 0 Å². The van der Waals surface area contributed by atoms with Crippen LogP contribution >= 0.6 is 0 Å². The molecule has 2 aliphatic rings. The van der Waals surface area contributed by atoms with Crippen molar-refractivity contribution in [2.75, 3.05) is 12.0 Å². The van der Waals surface area contributed by atoms with Crippen LogP contribution in [0.15, 0.2) is 91.1 Å². The largest absolute Gasteiger partial charge is 0.497 e. The summed E-state index contributed by atoms with van der Waals surface area (Å²) in [6.45, 7) is 0. The third kappa shape index (κ3) is 2.31. The molecule has 29 heavy (non-hydrogen) atoms. The Kier molecular flexibility index (Phi) is 3.44. The lowest BCUT2D eigenvalue weighted by molar-refractivity contribution is 0.414. The number of fused-ring (bicyclic) bond motifs is 8. The molecule has 0 N–H and O–H groups in total. The topological polar surface area (TPSA) is 17.4 Å². The number of nitrogens with zero attached hydrogens (tertiary/aromatic N) is 2. The monoisotopic (exact) mass is 376 g/mol. The predicted molar refractivity (Wildman–Crippen MR) is 117 cm³/mol. The average Bonchev–Trinajstić information content (AvgIpc) is 3.28. The molecular weight excluding hydrogens is 356 g/mol. The molecular formula is C26H20N2O. The van der Waals surface area contributed by atoms with E-state index >= 15 is 0 Å². The molecule has 1 unspecified atom stereocenters. The van der Waals surface area contributed by atoms with Crippen LogP contribution in [0, 0.1) is 0 Å². The quantitative estimate of drug-likeness (QED) is 0.433. The molecule has 3 heteroatoms. The zero-order chi connectivity index (χ0) is 19.4. The number of aromatic nitrogens is 1. The molecule has 0 spiro atoms. The van der Waals surface area contributed by atoms with Gasteiger partial charge in [0.05, 0.1) is 29.9 Å². The second-order valence-electron chi connectivity index (χ2n) is 7.45. The first-order valence-electron chi connectivity index (χ1n) is 9.86. The summed E-state index contributed by atoms with van der Waals surface area (Å²) in [7, 11) is 1.72. The summed E-state index contributed by atoms with van der Waals surface area (Å²) in [5.41, 5.74) is 8.63. The van der Waals surface area contributed by atoms with Gasteiger partial charge < -0.3 is 14.2 Å². The van der Waals surface area contributed by atoms with E-state index in [1.165, 1.54) is 33.9 Å². The third-order valence-corrected chi connectivity index (χ3v) is 5.93. The van der Waals surface area contributed by atoms with Crippen LogP contribution in [-0.4, -0.2) is 11.7 Å². The Morgan fingerprint density at radius 1 is 0.793 bits per heavy atom. The fraction of sp³-hybridized carbons (Fsp3) is 0.0769. The van der Waals surface area contributed by atoms with Crippen molar-refractivity contribution in [2.45, 2.75) is 6.04 Å². The smallest absolute Gasteiger partial charge is 0.119 e. The van der Waals surface area contributed by atoms with Gasteiger partial charge in [0.25, 0.3) is 0 Å². The second kappa shape index (κ2) is 6.14. The lowest BCUT2D eigenvalue weighted by Crippen LogP contribution is -2.36. The maximum atomic E-state index is 5.51. The molecule has 1 atom stereocenters. The maximum Gasteiger partial charge on any atom is 0.119 e. The number of benzene rings is 3. The minimum Gasteiger partial charge on any atom is -0.497 e. The van der Waals surface area contributed by atoms with Crippen molar-refractivity contribution in [3.8, 4) is 11.4 Å². The van der Waals surface area contributed by atoms with Crippen LogP contribution in [0.25, 0.3) is 17.5 Å². The summed E-state index contributed by atoms with van der Waals surface area (Å²) in [5, 5.41) is 0. The molecule has 140 valence electrons. The first kappa shape index (κ1) is 16.3. The van der Waals surface area contributed by atoms with E-state index in [1.54, 1.807) is 7.11 Å². The maximum absolute atomic E-state index is 5.51. The lowest BCUT2D eigenvalue weighted by atomic mass is 9.88. The van der Waals surface area contributed by atoms with Crippen molar-refractivity contribution in [2.24, 2.45) is 0 Å². The van der Waals surface area contributed by atoms with Crippen LogP contribution in [-0.2, 0) is 0 Å². The molecule has 6 rings (SSSR count). The standard InChI is InChI=1S/C26H20N2O/c1-29-20-10-6-9-19(16-20)25-17-18-8-2-3-11-21(18)26-24-14-7-15-27(24)22-12-4-5-13-23(22)28(25)26/h2-17,26H,1H3. The molecule has 0 radical (unpaired) electrons. The molecule has 2 aliphatic heterocycles. The molecule has 3 heterocycles. The minimum absolute atomic E-state index is 0.127. The van der Waals surface area contributed by atoms with E-state index in [1.807, 2.05) is 6.07 Å². The van der Waals surface area contributed by atoms with Crippen LogP contribution in [0.2, 0.25) is 0 Å². The Hall–Kier alpha value is -3.72. The Morgan fingerprint density at radius 3 is 2.52 bits per heavy atom. The average molecular weight is 376 g/mol. The van der Waals surface area contributed by atoms with E-state index in [9.17, 15) is 0 Å². The molecule has 1 aromatic heterocycles. The number of anilines is 1. The number of hydrogen-bond donors (Lipinski definition) is 0. The van der Waals surface area contributed by atoms with Crippen LogP contribution < -0.4 is 9.64 Å². The van der Waals surface area contributed by atoms with E-state index in [-0.39, 0.29) is 6.04 Å². The van der Waals surface area contributed by atoms with Crippen molar-refractivity contribution in [3.05, 3.63) is 114 Å². The zero-order valence-electron chi connectivity index (χ0n) is 16.1. The highest BCUT2D eigenvalue weighted by Crippen LogP contribution is 2.50. The van der Waals surface area contributed by atoms with Gasteiger partial charge in [0.15, 0.2) is 0 Å². The van der Waals surface area contributed by atoms with Gasteiger partial charge in [-0.25, -0.2) is 0 Å². The number of hydrogen-bond acceptors (Lipinski definition) is 2. The van der Waals surface area contributed by atoms with Crippen LogP contribution in [0.4, 0.5) is 5.69 Å².